The lowest BCUT2D eigenvalue weighted by molar-refractivity contribution is 0.620. The molecule has 0 spiro atoms. The van der Waals surface area contributed by atoms with E-state index in [1.54, 1.807) is 0 Å². The minimum Gasteiger partial charge on any atom is -0.325 e. The lowest BCUT2D eigenvalue weighted by Gasteiger charge is -1.95. The molecule has 1 aromatic heterocycles. The van der Waals surface area contributed by atoms with Crippen LogP contribution in [0.3, 0.4) is 0 Å². The van der Waals surface area contributed by atoms with E-state index in [0.29, 0.717) is 9.39 Å². The van der Waals surface area contributed by atoms with E-state index in [4.69, 9.17) is 5.73 Å². The molecule has 0 aliphatic carbocycles. The maximum Gasteiger partial charge on any atom is 0.127 e. The molecular weight excluding hydrogens is 246 g/mol. The molecule has 1 rings (SSSR count). The highest BCUT2D eigenvalue weighted by Gasteiger charge is 1.96. The molecule has 2 nitrogen and oxygen atoms in total. The van der Waals surface area contributed by atoms with Gasteiger partial charge in [-0.15, -0.1) is 0 Å². The molecule has 0 saturated carbocycles. The van der Waals surface area contributed by atoms with Crippen LogP contribution in [0.15, 0.2) is 12.1 Å². The van der Waals surface area contributed by atoms with Crippen LogP contribution in [0.5, 0.6) is 0 Å². The molecule has 0 saturated heterocycles. The van der Waals surface area contributed by atoms with Gasteiger partial charge in [0.2, 0.25) is 0 Å². The monoisotopic (exact) mass is 252 g/mol. The molecule has 0 aliphatic heterocycles. The smallest absolute Gasteiger partial charge is 0.127 e. The Balaban J connectivity index is 3.06. The molecule has 0 radical (unpaired) electrons. The van der Waals surface area contributed by atoms with Gasteiger partial charge < -0.3 is 5.73 Å². The van der Waals surface area contributed by atoms with Gasteiger partial charge in [-0.05, 0) is 28.7 Å². The first-order valence-electron chi connectivity index (χ1n) is 2.74. The Bertz CT molecular complexity index is 219. The third kappa shape index (κ3) is 1.88. The molecule has 4 heteroatoms. The molecule has 0 amide bonds. The van der Waals surface area contributed by atoms with Gasteiger partial charge in [0.05, 0.1) is 5.69 Å². The molecule has 54 valence electrons. The largest absolute Gasteiger partial charge is 0.325 e. The molecule has 1 aromatic rings. The third-order valence-electron chi connectivity index (χ3n) is 1.02. The predicted octanol–water partition coefficient (Wildman–Crippen LogP) is 1.28. The topological polar surface area (TPSA) is 38.9 Å². The van der Waals surface area contributed by atoms with E-state index in [1.165, 1.54) is 12.1 Å². The Labute approximate surface area is 71.8 Å². The summed E-state index contributed by atoms with van der Waals surface area (Å²) < 4.78 is 13.2. The van der Waals surface area contributed by atoms with Crippen LogP contribution in [0.2, 0.25) is 0 Å². The maximum atomic E-state index is 12.5. The van der Waals surface area contributed by atoms with Gasteiger partial charge in [0.25, 0.3) is 0 Å². The lowest BCUT2D eigenvalue weighted by Crippen LogP contribution is -2.01. The van der Waals surface area contributed by atoms with Crippen molar-refractivity contribution in [3.63, 3.8) is 0 Å². The van der Waals surface area contributed by atoms with Crippen molar-refractivity contribution in [3.05, 3.63) is 27.3 Å². The molecule has 2 N–H and O–H groups in total. The highest BCUT2D eigenvalue weighted by Crippen LogP contribution is 2.05. The number of nitrogens with zero attached hydrogens (tertiary/aromatic N) is 1. The van der Waals surface area contributed by atoms with Gasteiger partial charge in [-0.2, -0.15) is 0 Å². The van der Waals surface area contributed by atoms with E-state index >= 15 is 0 Å². The summed E-state index contributed by atoms with van der Waals surface area (Å²) >= 11 is 1.95. The van der Waals surface area contributed by atoms with E-state index in [-0.39, 0.29) is 12.4 Å². The Morgan fingerprint density at radius 1 is 1.60 bits per heavy atom. The first-order valence-corrected chi connectivity index (χ1v) is 3.82. The summed E-state index contributed by atoms with van der Waals surface area (Å²) in [5.41, 5.74) is 5.84. The number of hydrogen-bond acceptors (Lipinski definition) is 2. The van der Waals surface area contributed by atoms with Crippen molar-refractivity contribution in [2.45, 2.75) is 6.54 Å². The molecule has 0 bridgehead atoms. The van der Waals surface area contributed by atoms with Crippen LogP contribution >= 0.6 is 22.6 Å². The van der Waals surface area contributed by atoms with Crippen LogP contribution in [0.25, 0.3) is 0 Å². The molecule has 0 unspecified atom stereocenters. The number of hydrogen-bond donors (Lipinski definition) is 1. The SMILES string of the molecule is NCc1cc(F)cc(I)n1. The van der Waals surface area contributed by atoms with Crippen molar-refractivity contribution in [3.8, 4) is 0 Å². The third-order valence-corrected chi connectivity index (χ3v) is 1.57. The van der Waals surface area contributed by atoms with Gasteiger partial charge in [-0.3, -0.25) is 0 Å². The number of rotatable bonds is 1. The van der Waals surface area contributed by atoms with Crippen molar-refractivity contribution in [2.24, 2.45) is 5.73 Å². The van der Waals surface area contributed by atoms with Gasteiger partial charge >= 0.3 is 0 Å². The lowest BCUT2D eigenvalue weighted by atomic mass is 10.3. The highest BCUT2D eigenvalue weighted by molar-refractivity contribution is 14.1. The summed E-state index contributed by atoms with van der Waals surface area (Å²) in [6.45, 7) is 0.285. The van der Waals surface area contributed by atoms with Crippen molar-refractivity contribution >= 4 is 22.6 Å². The molecule has 0 fully saturated rings. The van der Waals surface area contributed by atoms with Crippen molar-refractivity contribution in [1.29, 1.82) is 0 Å². The van der Waals surface area contributed by atoms with Crippen LogP contribution in [0.4, 0.5) is 4.39 Å². The average molecular weight is 252 g/mol. The van der Waals surface area contributed by atoms with Crippen molar-refractivity contribution < 1.29 is 4.39 Å². The van der Waals surface area contributed by atoms with Gasteiger partial charge in [0.15, 0.2) is 0 Å². The van der Waals surface area contributed by atoms with Crippen molar-refractivity contribution in [1.82, 2.24) is 4.98 Å². The summed E-state index contributed by atoms with van der Waals surface area (Å²) in [5.74, 6) is -0.278. The Morgan fingerprint density at radius 3 is 2.80 bits per heavy atom. The van der Waals surface area contributed by atoms with Crippen molar-refractivity contribution in [2.75, 3.05) is 0 Å². The Morgan fingerprint density at radius 2 is 2.30 bits per heavy atom. The molecule has 0 aliphatic rings. The predicted molar refractivity (Wildman–Crippen MR) is 44.8 cm³/mol. The van der Waals surface area contributed by atoms with Crippen LogP contribution in [0.1, 0.15) is 5.69 Å². The van der Waals surface area contributed by atoms with E-state index in [2.05, 4.69) is 4.98 Å². The summed E-state index contributed by atoms with van der Waals surface area (Å²) in [7, 11) is 0. The summed E-state index contributed by atoms with van der Waals surface area (Å²) in [5, 5.41) is 0. The van der Waals surface area contributed by atoms with Crippen LogP contribution in [0, 0.1) is 9.52 Å². The minimum atomic E-state index is -0.278. The number of nitrogens with two attached hydrogens (primary N) is 1. The summed E-state index contributed by atoms with van der Waals surface area (Å²) in [6, 6.07) is 2.70. The zero-order valence-electron chi connectivity index (χ0n) is 5.14. The quantitative estimate of drug-likeness (QED) is 0.604. The average Bonchev–Trinajstić information content (AvgIpc) is 1.85. The van der Waals surface area contributed by atoms with E-state index < -0.39 is 0 Å². The van der Waals surface area contributed by atoms with Gasteiger partial charge in [0.1, 0.15) is 9.52 Å². The standard InChI is InChI=1S/C6H6FIN2/c7-4-1-5(3-9)10-6(8)2-4/h1-2H,3,9H2. The number of halogens is 2. The molecular formula is C6H6FIN2. The number of aromatic nitrogens is 1. The normalized spacial score (nSPS) is 9.90. The first kappa shape index (κ1) is 7.87. The van der Waals surface area contributed by atoms with Crippen LogP contribution in [-0.4, -0.2) is 4.98 Å². The fourth-order valence-electron chi connectivity index (χ4n) is 0.621. The Hall–Kier alpha value is -0.230. The van der Waals surface area contributed by atoms with E-state index in [1.807, 2.05) is 22.6 Å². The maximum absolute atomic E-state index is 12.5. The second kappa shape index (κ2) is 3.25. The molecule has 0 atom stereocenters. The van der Waals surface area contributed by atoms with Crippen LogP contribution in [-0.2, 0) is 6.54 Å². The first-order chi connectivity index (χ1) is 4.72. The Kier molecular flexibility index (Phi) is 2.56. The van der Waals surface area contributed by atoms with Crippen LogP contribution < -0.4 is 5.73 Å². The highest BCUT2D eigenvalue weighted by atomic mass is 127. The van der Waals surface area contributed by atoms with Gasteiger partial charge in [-0.25, -0.2) is 9.37 Å². The summed E-state index contributed by atoms with van der Waals surface area (Å²) in [6.07, 6.45) is 0. The fraction of sp³-hybridized carbons (Fsp3) is 0.167. The second-order valence-corrected chi connectivity index (χ2v) is 2.91. The molecule has 0 aromatic carbocycles. The van der Waals surface area contributed by atoms with Gasteiger partial charge in [-0.1, -0.05) is 0 Å². The zero-order chi connectivity index (χ0) is 7.56. The molecule has 10 heavy (non-hydrogen) atoms. The zero-order valence-corrected chi connectivity index (χ0v) is 7.30. The number of pyridine rings is 1. The second-order valence-electron chi connectivity index (χ2n) is 1.80. The molecule has 1 heterocycles. The fourth-order valence-corrected chi connectivity index (χ4v) is 1.23. The van der Waals surface area contributed by atoms with E-state index in [9.17, 15) is 4.39 Å². The van der Waals surface area contributed by atoms with Gasteiger partial charge in [0, 0.05) is 12.6 Å². The minimum absolute atomic E-state index is 0.278. The van der Waals surface area contributed by atoms with E-state index in [0.717, 1.165) is 0 Å². The summed E-state index contributed by atoms with van der Waals surface area (Å²) in [4.78, 5) is 3.97.